The number of hydrogen-bond donors (Lipinski definition) is 4. The third-order valence-corrected chi connectivity index (χ3v) is 2.40. The van der Waals surface area contributed by atoms with E-state index in [-0.39, 0.29) is 29.1 Å². The van der Waals surface area contributed by atoms with Gasteiger partial charge in [-0.05, 0) is 18.6 Å². The molecule has 1 saturated carbocycles. The lowest BCUT2D eigenvalue weighted by molar-refractivity contribution is 0.0945. The van der Waals surface area contributed by atoms with Gasteiger partial charge in [0.15, 0.2) is 0 Å². The first-order valence-corrected chi connectivity index (χ1v) is 4.67. The van der Waals surface area contributed by atoms with Gasteiger partial charge < -0.3 is 21.3 Å². The van der Waals surface area contributed by atoms with Crippen LogP contribution in [0.5, 0.6) is 11.5 Å². The highest BCUT2D eigenvalue weighted by Gasteiger charge is 2.35. The Kier molecular flexibility index (Phi) is 2.24. The Morgan fingerprint density at radius 3 is 2.40 bits per heavy atom. The van der Waals surface area contributed by atoms with Gasteiger partial charge in [-0.3, -0.25) is 4.79 Å². The lowest BCUT2D eigenvalue weighted by Gasteiger charge is -2.07. The van der Waals surface area contributed by atoms with E-state index in [2.05, 4.69) is 5.32 Å². The summed E-state index contributed by atoms with van der Waals surface area (Å²) in [6.45, 7) is 0. The molecule has 0 aromatic heterocycles. The average Bonchev–Trinajstić information content (AvgIpc) is 2.81. The number of carbonyl (C=O) groups excluding carboxylic acids is 1. The van der Waals surface area contributed by atoms with Crippen molar-refractivity contribution in [3.63, 3.8) is 0 Å². The van der Waals surface area contributed by atoms with E-state index in [1.54, 1.807) is 0 Å². The maximum Gasteiger partial charge on any atom is 0.259 e. The van der Waals surface area contributed by atoms with Crippen molar-refractivity contribution >= 4 is 5.91 Å². The summed E-state index contributed by atoms with van der Waals surface area (Å²) in [5, 5.41) is 21.4. The van der Waals surface area contributed by atoms with E-state index in [1.807, 2.05) is 0 Å². The molecule has 1 aliphatic rings. The van der Waals surface area contributed by atoms with Crippen molar-refractivity contribution in [2.75, 3.05) is 0 Å². The molecule has 5 nitrogen and oxygen atoms in total. The van der Waals surface area contributed by atoms with Crippen LogP contribution in [0.1, 0.15) is 16.8 Å². The maximum atomic E-state index is 11.6. The minimum absolute atomic E-state index is 0.0121. The van der Waals surface area contributed by atoms with Gasteiger partial charge in [0.25, 0.3) is 5.91 Å². The molecule has 5 N–H and O–H groups in total. The van der Waals surface area contributed by atoms with E-state index < -0.39 is 5.91 Å². The smallest absolute Gasteiger partial charge is 0.259 e. The topological polar surface area (TPSA) is 95.6 Å². The van der Waals surface area contributed by atoms with Crippen LogP contribution in [0.4, 0.5) is 0 Å². The first-order chi connectivity index (χ1) is 7.09. The van der Waals surface area contributed by atoms with Crippen molar-refractivity contribution < 1.29 is 15.0 Å². The second kappa shape index (κ2) is 3.43. The molecule has 1 amide bonds. The predicted molar refractivity (Wildman–Crippen MR) is 53.6 cm³/mol. The molecule has 0 saturated heterocycles. The standard InChI is InChI=1S/C10H12N2O3/c11-5-4-6(5)12-10(15)9-7(13)2-1-3-8(9)14/h1-3,5-6,13-14H,4,11H2,(H,12,15). The van der Waals surface area contributed by atoms with Crippen LogP contribution in [0.15, 0.2) is 18.2 Å². The van der Waals surface area contributed by atoms with Crippen molar-refractivity contribution in [1.82, 2.24) is 5.32 Å². The van der Waals surface area contributed by atoms with Crippen LogP contribution in [-0.2, 0) is 0 Å². The van der Waals surface area contributed by atoms with Crippen LogP contribution >= 0.6 is 0 Å². The van der Waals surface area contributed by atoms with E-state index in [9.17, 15) is 15.0 Å². The second-order valence-corrected chi connectivity index (χ2v) is 3.65. The van der Waals surface area contributed by atoms with Crippen molar-refractivity contribution in [2.45, 2.75) is 18.5 Å². The number of nitrogens with one attached hydrogen (secondary N) is 1. The molecule has 2 rings (SSSR count). The summed E-state index contributed by atoms with van der Waals surface area (Å²) >= 11 is 0. The number of aromatic hydroxyl groups is 2. The molecule has 2 unspecified atom stereocenters. The van der Waals surface area contributed by atoms with Crippen LogP contribution in [0.25, 0.3) is 0 Å². The number of hydrogen-bond acceptors (Lipinski definition) is 4. The normalized spacial score (nSPS) is 23.5. The molecule has 0 bridgehead atoms. The number of rotatable bonds is 2. The molecule has 1 aliphatic carbocycles. The van der Waals surface area contributed by atoms with Crippen LogP contribution < -0.4 is 11.1 Å². The molecule has 80 valence electrons. The van der Waals surface area contributed by atoms with Crippen LogP contribution in [0.2, 0.25) is 0 Å². The van der Waals surface area contributed by atoms with E-state index in [0.717, 1.165) is 6.42 Å². The molecule has 1 fully saturated rings. The highest BCUT2D eigenvalue weighted by Crippen LogP contribution is 2.27. The molecule has 2 atom stereocenters. The second-order valence-electron chi connectivity index (χ2n) is 3.65. The number of benzene rings is 1. The number of carbonyl (C=O) groups is 1. The fraction of sp³-hybridized carbons (Fsp3) is 0.300. The first-order valence-electron chi connectivity index (χ1n) is 4.67. The predicted octanol–water partition coefficient (Wildman–Crippen LogP) is -0.0728. The average molecular weight is 208 g/mol. The Morgan fingerprint density at radius 2 is 1.93 bits per heavy atom. The minimum Gasteiger partial charge on any atom is -0.507 e. The zero-order valence-corrected chi connectivity index (χ0v) is 7.97. The molecule has 0 spiro atoms. The molecule has 5 heteroatoms. The highest BCUT2D eigenvalue weighted by atomic mass is 16.3. The van der Waals surface area contributed by atoms with Gasteiger partial charge in [0.1, 0.15) is 17.1 Å². The Morgan fingerprint density at radius 1 is 1.40 bits per heavy atom. The van der Waals surface area contributed by atoms with Gasteiger partial charge in [-0.2, -0.15) is 0 Å². The van der Waals surface area contributed by atoms with Crippen molar-refractivity contribution in [1.29, 1.82) is 0 Å². The maximum absolute atomic E-state index is 11.6. The molecule has 0 radical (unpaired) electrons. The zero-order chi connectivity index (χ0) is 11.0. The van der Waals surface area contributed by atoms with Crippen LogP contribution in [-0.4, -0.2) is 28.2 Å². The summed E-state index contributed by atoms with van der Waals surface area (Å²) < 4.78 is 0. The van der Waals surface area contributed by atoms with Gasteiger partial charge in [-0.15, -0.1) is 0 Å². The molecule has 0 heterocycles. The Hall–Kier alpha value is -1.75. The lowest BCUT2D eigenvalue weighted by atomic mass is 10.1. The molecular weight excluding hydrogens is 196 g/mol. The minimum atomic E-state index is -0.497. The van der Waals surface area contributed by atoms with Gasteiger partial charge in [-0.1, -0.05) is 6.07 Å². The Bertz CT molecular complexity index is 385. The number of nitrogens with two attached hydrogens (primary N) is 1. The van der Waals surface area contributed by atoms with Crippen molar-refractivity contribution in [2.24, 2.45) is 5.73 Å². The summed E-state index contributed by atoms with van der Waals surface area (Å²) in [6.07, 6.45) is 0.736. The monoisotopic (exact) mass is 208 g/mol. The number of phenolic OH excluding ortho intramolecular Hbond substituents is 2. The van der Waals surface area contributed by atoms with E-state index in [1.165, 1.54) is 18.2 Å². The number of phenols is 2. The molecule has 0 aliphatic heterocycles. The molecule has 1 aromatic carbocycles. The van der Waals surface area contributed by atoms with Crippen LogP contribution in [0.3, 0.4) is 0 Å². The SMILES string of the molecule is NC1CC1NC(=O)c1c(O)cccc1O. The Labute approximate surface area is 86.5 Å². The lowest BCUT2D eigenvalue weighted by Crippen LogP contribution is -2.29. The Balaban J connectivity index is 2.17. The first kappa shape index (κ1) is 9.79. The van der Waals surface area contributed by atoms with Crippen molar-refractivity contribution in [3.05, 3.63) is 23.8 Å². The van der Waals surface area contributed by atoms with Gasteiger partial charge in [0.05, 0.1) is 0 Å². The van der Waals surface area contributed by atoms with E-state index in [0.29, 0.717) is 0 Å². The summed E-state index contributed by atoms with van der Waals surface area (Å²) in [7, 11) is 0. The quantitative estimate of drug-likeness (QED) is 0.547. The fourth-order valence-corrected chi connectivity index (χ4v) is 1.38. The van der Waals surface area contributed by atoms with Crippen LogP contribution in [0, 0.1) is 0 Å². The zero-order valence-electron chi connectivity index (χ0n) is 7.97. The van der Waals surface area contributed by atoms with Crippen molar-refractivity contribution in [3.8, 4) is 11.5 Å². The largest absolute Gasteiger partial charge is 0.507 e. The van der Waals surface area contributed by atoms with Gasteiger partial charge in [0, 0.05) is 12.1 Å². The third kappa shape index (κ3) is 1.87. The highest BCUT2D eigenvalue weighted by molar-refractivity contribution is 5.99. The summed E-state index contributed by atoms with van der Waals surface area (Å²) in [5.74, 6) is -0.966. The van der Waals surface area contributed by atoms with Gasteiger partial charge >= 0.3 is 0 Å². The summed E-state index contributed by atoms with van der Waals surface area (Å²) in [4.78, 5) is 11.6. The van der Waals surface area contributed by atoms with Gasteiger partial charge in [0.2, 0.25) is 0 Å². The molecular formula is C10H12N2O3. The summed E-state index contributed by atoms with van der Waals surface area (Å²) in [6, 6.07) is 4.10. The number of amides is 1. The van der Waals surface area contributed by atoms with Gasteiger partial charge in [-0.25, -0.2) is 0 Å². The van der Waals surface area contributed by atoms with E-state index in [4.69, 9.17) is 5.73 Å². The molecule has 1 aromatic rings. The fourth-order valence-electron chi connectivity index (χ4n) is 1.38. The molecule has 15 heavy (non-hydrogen) atoms. The summed E-state index contributed by atoms with van der Waals surface area (Å²) in [5.41, 5.74) is 5.43. The third-order valence-electron chi connectivity index (χ3n) is 2.40. The van der Waals surface area contributed by atoms with E-state index >= 15 is 0 Å².